The van der Waals surface area contributed by atoms with Gasteiger partial charge in [0.1, 0.15) is 11.8 Å². The third-order valence-electron chi connectivity index (χ3n) is 7.62. The van der Waals surface area contributed by atoms with Crippen molar-refractivity contribution in [3.05, 3.63) is 118 Å². The third-order valence-corrected chi connectivity index (χ3v) is 9.56. The van der Waals surface area contributed by atoms with E-state index in [2.05, 4.69) is 9.88 Å². The fourth-order valence-corrected chi connectivity index (χ4v) is 7.01. The maximum Gasteiger partial charge on any atom is 0.344 e. The van der Waals surface area contributed by atoms with E-state index in [4.69, 9.17) is 16.3 Å². The number of nitrogens with zero attached hydrogens (tertiary/aromatic N) is 5. The molecule has 1 amide bonds. The standard InChI is InChI=1S/C31H28ClN5O5S/c1-42-25-8-10-26(11-9-25)43(40,41)37-27-12-7-23(32)21-28(27)36(31(37)39)29(22-5-3-2-4-6-22)30(38)35-19-17-34(18-20-35)24-13-15-33-16-14-24/h2-16,21,29H,17-20H2,1H3. The van der Waals surface area contributed by atoms with Crippen LogP contribution in [0.1, 0.15) is 11.6 Å². The Morgan fingerprint density at radius 1 is 0.884 bits per heavy atom. The molecular formula is C31H28ClN5O5S. The molecule has 1 saturated heterocycles. The molecule has 0 bridgehead atoms. The van der Waals surface area contributed by atoms with Crippen LogP contribution in [0.25, 0.3) is 11.0 Å². The molecule has 1 unspecified atom stereocenters. The van der Waals surface area contributed by atoms with Gasteiger partial charge in [-0.15, -0.1) is 0 Å². The summed E-state index contributed by atoms with van der Waals surface area (Å²) in [6.07, 6.45) is 3.46. The van der Waals surface area contributed by atoms with E-state index in [1.807, 2.05) is 18.2 Å². The Hall–Kier alpha value is -4.61. The van der Waals surface area contributed by atoms with Crippen molar-refractivity contribution in [1.29, 1.82) is 0 Å². The molecule has 12 heteroatoms. The van der Waals surface area contributed by atoms with Crippen molar-refractivity contribution in [2.45, 2.75) is 10.9 Å². The smallest absolute Gasteiger partial charge is 0.344 e. The molecule has 10 nitrogen and oxygen atoms in total. The summed E-state index contributed by atoms with van der Waals surface area (Å²) in [5.74, 6) is 0.155. The number of ether oxygens (including phenoxy) is 1. The first-order valence-electron chi connectivity index (χ1n) is 13.6. The van der Waals surface area contributed by atoms with Gasteiger partial charge in [0.2, 0.25) is 0 Å². The Morgan fingerprint density at radius 2 is 1.56 bits per heavy atom. The largest absolute Gasteiger partial charge is 0.497 e. The number of halogens is 1. The first-order valence-corrected chi connectivity index (χ1v) is 15.4. The predicted octanol–water partition coefficient (Wildman–Crippen LogP) is 4.04. The van der Waals surface area contributed by atoms with Gasteiger partial charge in [0, 0.05) is 49.3 Å². The van der Waals surface area contributed by atoms with Crippen molar-refractivity contribution in [2.24, 2.45) is 0 Å². The van der Waals surface area contributed by atoms with E-state index in [-0.39, 0.29) is 21.8 Å². The number of benzene rings is 3. The second-order valence-electron chi connectivity index (χ2n) is 10.1. The van der Waals surface area contributed by atoms with Crippen molar-refractivity contribution in [1.82, 2.24) is 18.4 Å². The van der Waals surface area contributed by atoms with Gasteiger partial charge in [0.15, 0.2) is 0 Å². The summed E-state index contributed by atoms with van der Waals surface area (Å²) < 4.78 is 35.0. The van der Waals surface area contributed by atoms with Crippen molar-refractivity contribution in [3.63, 3.8) is 0 Å². The second kappa shape index (κ2) is 11.6. The molecule has 1 atom stereocenters. The number of aromatic nitrogens is 3. The fourth-order valence-electron chi connectivity index (χ4n) is 5.45. The zero-order valence-corrected chi connectivity index (χ0v) is 24.8. The summed E-state index contributed by atoms with van der Waals surface area (Å²) in [5, 5.41) is 0.297. The highest BCUT2D eigenvalue weighted by atomic mass is 35.5. The van der Waals surface area contributed by atoms with E-state index in [1.54, 1.807) is 41.6 Å². The number of carbonyl (C=O) groups is 1. The minimum atomic E-state index is -4.37. The Balaban J connectivity index is 1.47. The Morgan fingerprint density at radius 3 is 2.21 bits per heavy atom. The molecule has 0 aliphatic carbocycles. The summed E-state index contributed by atoms with van der Waals surface area (Å²) in [4.78, 5) is 36.5. The van der Waals surface area contributed by atoms with E-state index < -0.39 is 21.8 Å². The first-order chi connectivity index (χ1) is 20.8. The van der Waals surface area contributed by atoms with E-state index >= 15 is 0 Å². The van der Waals surface area contributed by atoms with Crippen LogP contribution in [-0.4, -0.2) is 66.0 Å². The lowest BCUT2D eigenvalue weighted by Gasteiger charge is -2.37. The van der Waals surface area contributed by atoms with Gasteiger partial charge >= 0.3 is 5.69 Å². The summed E-state index contributed by atoms with van der Waals surface area (Å²) >= 11 is 6.38. The Labute approximate surface area is 253 Å². The maximum atomic E-state index is 14.4. The Kier molecular flexibility index (Phi) is 7.68. The van der Waals surface area contributed by atoms with Crippen LogP contribution in [0.2, 0.25) is 5.02 Å². The number of imidazole rings is 1. The van der Waals surface area contributed by atoms with Crippen LogP contribution in [0.4, 0.5) is 5.69 Å². The van der Waals surface area contributed by atoms with Crippen molar-refractivity contribution < 1.29 is 17.9 Å². The third kappa shape index (κ3) is 5.26. The van der Waals surface area contributed by atoms with Gasteiger partial charge in [0.05, 0.1) is 23.0 Å². The van der Waals surface area contributed by atoms with E-state index in [9.17, 15) is 18.0 Å². The molecule has 6 rings (SSSR count). The van der Waals surface area contributed by atoms with Gasteiger partial charge in [-0.05, 0) is 60.2 Å². The topological polar surface area (TPSA) is 107 Å². The molecule has 0 saturated carbocycles. The molecule has 1 aliphatic rings. The molecule has 0 radical (unpaired) electrons. The minimum absolute atomic E-state index is 0.0979. The number of fused-ring (bicyclic) bond motifs is 1. The van der Waals surface area contributed by atoms with Crippen molar-refractivity contribution >= 4 is 44.3 Å². The molecular weight excluding hydrogens is 590 g/mol. The lowest BCUT2D eigenvalue weighted by Crippen LogP contribution is -2.51. The summed E-state index contributed by atoms with van der Waals surface area (Å²) in [5.41, 5.74) is 1.03. The van der Waals surface area contributed by atoms with Crippen molar-refractivity contribution in [2.75, 3.05) is 38.2 Å². The highest BCUT2D eigenvalue weighted by molar-refractivity contribution is 7.90. The number of piperazine rings is 1. The van der Waals surface area contributed by atoms with Gasteiger partial charge in [-0.2, -0.15) is 3.97 Å². The second-order valence-corrected chi connectivity index (χ2v) is 12.3. The minimum Gasteiger partial charge on any atom is -0.497 e. The zero-order valence-electron chi connectivity index (χ0n) is 23.2. The fraction of sp³-hybridized carbons (Fsp3) is 0.194. The van der Waals surface area contributed by atoms with Gasteiger partial charge in [-0.25, -0.2) is 13.2 Å². The molecule has 43 heavy (non-hydrogen) atoms. The van der Waals surface area contributed by atoms with Gasteiger partial charge in [-0.3, -0.25) is 14.3 Å². The van der Waals surface area contributed by atoms with Crippen LogP contribution in [-0.2, 0) is 14.8 Å². The van der Waals surface area contributed by atoms with Crippen molar-refractivity contribution in [3.8, 4) is 5.75 Å². The average Bonchev–Trinajstić information content (AvgIpc) is 3.33. The molecule has 0 spiro atoms. The van der Waals surface area contributed by atoms with Crippen LogP contribution < -0.4 is 15.3 Å². The molecule has 3 aromatic carbocycles. The zero-order chi connectivity index (χ0) is 30.1. The lowest BCUT2D eigenvalue weighted by molar-refractivity contribution is -0.133. The van der Waals surface area contributed by atoms with Gasteiger partial charge < -0.3 is 14.5 Å². The van der Waals surface area contributed by atoms with E-state index in [0.29, 0.717) is 42.5 Å². The first kappa shape index (κ1) is 28.5. The van der Waals surface area contributed by atoms with Gasteiger partial charge in [0.25, 0.3) is 15.9 Å². The average molecular weight is 618 g/mol. The summed E-state index contributed by atoms with van der Waals surface area (Å²) in [7, 11) is -2.89. The van der Waals surface area contributed by atoms with Crippen LogP contribution in [0.5, 0.6) is 5.75 Å². The van der Waals surface area contributed by atoms with Crippen LogP contribution in [0.15, 0.2) is 107 Å². The van der Waals surface area contributed by atoms with Crippen LogP contribution >= 0.6 is 11.6 Å². The number of hydrogen-bond acceptors (Lipinski definition) is 7. The monoisotopic (exact) mass is 617 g/mol. The molecule has 5 aromatic rings. The quantitative estimate of drug-likeness (QED) is 0.271. The van der Waals surface area contributed by atoms with E-state index in [0.717, 1.165) is 9.66 Å². The Bertz CT molecular complexity index is 1940. The van der Waals surface area contributed by atoms with E-state index in [1.165, 1.54) is 54.1 Å². The molecule has 1 fully saturated rings. The highest BCUT2D eigenvalue weighted by Gasteiger charge is 2.35. The number of methoxy groups -OCH3 is 1. The summed E-state index contributed by atoms with van der Waals surface area (Å²) in [6.45, 7) is 2.02. The predicted molar refractivity (Wildman–Crippen MR) is 164 cm³/mol. The number of rotatable bonds is 7. The van der Waals surface area contributed by atoms with Crippen LogP contribution in [0.3, 0.4) is 0 Å². The van der Waals surface area contributed by atoms with Gasteiger partial charge in [-0.1, -0.05) is 41.9 Å². The highest BCUT2D eigenvalue weighted by Crippen LogP contribution is 2.30. The molecule has 2 aromatic heterocycles. The summed E-state index contributed by atoms with van der Waals surface area (Å²) in [6, 6.07) is 21.9. The molecule has 0 N–H and O–H groups in total. The molecule has 220 valence electrons. The molecule has 1 aliphatic heterocycles. The lowest BCUT2D eigenvalue weighted by atomic mass is 10.0. The van der Waals surface area contributed by atoms with Crippen LogP contribution in [0, 0.1) is 0 Å². The number of anilines is 1. The maximum absolute atomic E-state index is 14.4. The number of carbonyl (C=O) groups excluding carboxylic acids is 1. The number of amides is 1. The molecule has 3 heterocycles. The number of hydrogen-bond donors (Lipinski definition) is 0. The SMILES string of the molecule is COc1ccc(S(=O)(=O)n2c(=O)n(C(C(=O)N3CCN(c4ccncc4)CC3)c3ccccc3)c3cc(Cl)ccc32)cc1. The number of pyridine rings is 1. The normalized spacial score (nSPS) is 14.6.